The molecule has 0 fully saturated rings. The van der Waals surface area contributed by atoms with Crippen molar-refractivity contribution < 1.29 is 13.6 Å². The monoisotopic (exact) mass is 551 g/mol. The molecule has 12 heteroatoms. The second kappa shape index (κ2) is 12.6. The highest BCUT2D eigenvalue weighted by Gasteiger charge is 2.09. The van der Waals surface area contributed by atoms with Crippen LogP contribution in [-0.4, -0.2) is 28.3 Å². The van der Waals surface area contributed by atoms with E-state index in [-0.39, 0.29) is 18.4 Å². The Morgan fingerprint density at radius 2 is 1.76 bits per heavy atom. The van der Waals surface area contributed by atoms with Crippen LogP contribution in [0.15, 0.2) is 93.0 Å². The highest BCUT2D eigenvalue weighted by Crippen LogP contribution is 2.24. The molecule has 3 aromatic heterocycles. The van der Waals surface area contributed by atoms with E-state index in [1.165, 1.54) is 6.21 Å². The summed E-state index contributed by atoms with van der Waals surface area (Å²) in [5, 5.41) is 11.1. The van der Waals surface area contributed by atoms with Gasteiger partial charge in [0.2, 0.25) is 17.8 Å². The lowest BCUT2D eigenvalue weighted by molar-refractivity contribution is 0.415. The Hall–Kier alpha value is -4.54. The predicted octanol–water partition coefficient (Wildman–Crippen LogP) is 6.61. The standard InChI is InChI=1S/C26H22ClN7O3.ClH/c1-35-20-9-7-19(8-10-20)30-25-31-24(28-15-21-6-3-13-36-21)32-26(33-25)34-29-16-22-11-12-23(37-22)17-4-2-5-18(27)14-17;/h2-14,16H,15H2,1H3,(H3,28,30,31,32,33,34);1H. The van der Waals surface area contributed by atoms with Crippen LogP contribution in [-0.2, 0) is 6.54 Å². The molecular formula is C26H23Cl2N7O3. The maximum absolute atomic E-state index is 6.08. The van der Waals surface area contributed by atoms with Crippen LogP contribution in [0.1, 0.15) is 11.5 Å². The molecule has 2 aromatic carbocycles. The molecule has 0 aliphatic rings. The molecule has 0 bridgehead atoms. The summed E-state index contributed by atoms with van der Waals surface area (Å²) < 4.78 is 16.4. The molecule has 0 unspecified atom stereocenters. The lowest BCUT2D eigenvalue weighted by Crippen LogP contribution is -2.09. The fraction of sp³-hybridized carbons (Fsp3) is 0.0769. The average molecular weight is 552 g/mol. The fourth-order valence-electron chi connectivity index (χ4n) is 3.32. The van der Waals surface area contributed by atoms with E-state index in [0.717, 1.165) is 22.8 Å². The topological polar surface area (TPSA) is 123 Å². The minimum Gasteiger partial charge on any atom is -0.497 e. The number of benzene rings is 2. The fourth-order valence-corrected chi connectivity index (χ4v) is 3.51. The van der Waals surface area contributed by atoms with Gasteiger partial charge in [0, 0.05) is 16.3 Å². The van der Waals surface area contributed by atoms with Gasteiger partial charge in [-0.3, -0.25) is 0 Å². The summed E-state index contributed by atoms with van der Waals surface area (Å²) in [5.74, 6) is 3.60. The molecule has 5 aromatic rings. The minimum atomic E-state index is 0. The van der Waals surface area contributed by atoms with E-state index in [4.69, 9.17) is 25.2 Å². The van der Waals surface area contributed by atoms with Crippen LogP contribution in [0.2, 0.25) is 5.02 Å². The van der Waals surface area contributed by atoms with Gasteiger partial charge in [-0.05, 0) is 60.7 Å². The Kier molecular flexibility index (Phi) is 8.81. The van der Waals surface area contributed by atoms with Crippen molar-refractivity contribution in [2.24, 2.45) is 5.10 Å². The predicted molar refractivity (Wildman–Crippen MR) is 150 cm³/mol. The molecule has 0 saturated heterocycles. The van der Waals surface area contributed by atoms with Gasteiger partial charge in [-0.15, -0.1) is 12.4 Å². The number of furan rings is 2. The molecule has 3 N–H and O–H groups in total. The normalized spacial score (nSPS) is 10.7. The number of nitrogens with one attached hydrogen (secondary N) is 3. The van der Waals surface area contributed by atoms with Gasteiger partial charge in [-0.2, -0.15) is 20.1 Å². The van der Waals surface area contributed by atoms with Crippen LogP contribution in [0, 0.1) is 0 Å². The first-order valence-electron chi connectivity index (χ1n) is 11.2. The summed E-state index contributed by atoms with van der Waals surface area (Å²) in [6.45, 7) is 0.403. The Balaban J connectivity index is 0.00000336. The lowest BCUT2D eigenvalue weighted by Gasteiger charge is -2.10. The molecule has 0 saturated carbocycles. The van der Waals surface area contributed by atoms with Gasteiger partial charge in [-0.1, -0.05) is 23.7 Å². The van der Waals surface area contributed by atoms with Crippen LogP contribution in [0.3, 0.4) is 0 Å². The van der Waals surface area contributed by atoms with Crippen LogP contribution in [0.25, 0.3) is 11.3 Å². The van der Waals surface area contributed by atoms with Gasteiger partial charge >= 0.3 is 0 Å². The zero-order chi connectivity index (χ0) is 25.5. The van der Waals surface area contributed by atoms with E-state index >= 15 is 0 Å². The number of rotatable bonds is 10. The summed E-state index contributed by atoms with van der Waals surface area (Å²) in [6, 6.07) is 22.2. The van der Waals surface area contributed by atoms with Crippen molar-refractivity contribution >= 4 is 53.8 Å². The quantitative estimate of drug-likeness (QED) is 0.130. The summed E-state index contributed by atoms with van der Waals surface area (Å²) in [4.78, 5) is 13.2. The molecule has 38 heavy (non-hydrogen) atoms. The van der Waals surface area contributed by atoms with Crippen molar-refractivity contribution in [2.75, 3.05) is 23.2 Å². The average Bonchev–Trinajstić information content (AvgIpc) is 3.61. The van der Waals surface area contributed by atoms with E-state index in [0.29, 0.717) is 35.0 Å². The Morgan fingerprint density at radius 1 is 0.947 bits per heavy atom. The largest absolute Gasteiger partial charge is 0.497 e. The number of hydrogen-bond acceptors (Lipinski definition) is 10. The summed E-state index contributed by atoms with van der Waals surface area (Å²) in [5.41, 5.74) is 4.49. The molecule has 0 spiro atoms. The zero-order valence-electron chi connectivity index (χ0n) is 20.1. The molecule has 0 amide bonds. The first-order chi connectivity index (χ1) is 18.1. The molecule has 0 aliphatic heterocycles. The van der Waals surface area contributed by atoms with Gasteiger partial charge in [0.05, 0.1) is 26.1 Å². The molecule has 0 atom stereocenters. The highest BCUT2D eigenvalue weighted by atomic mass is 35.5. The van der Waals surface area contributed by atoms with Crippen molar-refractivity contribution in [1.29, 1.82) is 0 Å². The van der Waals surface area contributed by atoms with Crippen LogP contribution in [0.4, 0.5) is 23.5 Å². The van der Waals surface area contributed by atoms with E-state index in [1.807, 2.05) is 72.8 Å². The number of ether oxygens (including phenoxy) is 1. The third-order valence-corrected chi connectivity index (χ3v) is 5.31. The van der Waals surface area contributed by atoms with Crippen molar-refractivity contribution in [3.8, 4) is 17.1 Å². The molecule has 3 heterocycles. The summed E-state index contributed by atoms with van der Waals surface area (Å²) in [7, 11) is 1.62. The van der Waals surface area contributed by atoms with Gasteiger partial charge in [0.25, 0.3) is 0 Å². The molecule has 0 aliphatic carbocycles. The Labute approximate surface area is 229 Å². The molecule has 10 nitrogen and oxygen atoms in total. The zero-order valence-corrected chi connectivity index (χ0v) is 21.7. The van der Waals surface area contributed by atoms with Crippen LogP contribution >= 0.6 is 24.0 Å². The smallest absolute Gasteiger partial charge is 0.250 e. The summed E-state index contributed by atoms with van der Waals surface area (Å²) >= 11 is 6.08. The maximum Gasteiger partial charge on any atom is 0.250 e. The third-order valence-electron chi connectivity index (χ3n) is 5.07. The maximum atomic E-state index is 6.08. The number of aromatic nitrogens is 3. The van der Waals surface area contributed by atoms with Crippen molar-refractivity contribution in [3.05, 3.63) is 95.6 Å². The first kappa shape index (κ1) is 26.5. The lowest BCUT2D eigenvalue weighted by atomic mass is 10.2. The van der Waals surface area contributed by atoms with Crippen molar-refractivity contribution in [2.45, 2.75) is 6.54 Å². The first-order valence-corrected chi connectivity index (χ1v) is 11.6. The van der Waals surface area contributed by atoms with E-state index in [1.54, 1.807) is 13.4 Å². The second-order valence-electron chi connectivity index (χ2n) is 7.68. The molecule has 194 valence electrons. The highest BCUT2D eigenvalue weighted by molar-refractivity contribution is 6.30. The molecule has 5 rings (SSSR count). The van der Waals surface area contributed by atoms with Crippen LogP contribution < -0.4 is 20.8 Å². The van der Waals surface area contributed by atoms with E-state index < -0.39 is 0 Å². The molecular weight excluding hydrogens is 529 g/mol. The number of anilines is 4. The summed E-state index contributed by atoms with van der Waals surface area (Å²) in [6.07, 6.45) is 3.14. The Bertz CT molecular complexity index is 1490. The second-order valence-corrected chi connectivity index (χ2v) is 8.11. The number of hydrogen-bond donors (Lipinski definition) is 3. The third kappa shape index (κ3) is 7.02. The van der Waals surface area contributed by atoms with Crippen molar-refractivity contribution in [3.63, 3.8) is 0 Å². The Morgan fingerprint density at radius 3 is 2.53 bits per heavy atom. The van der Waals surface area contributed by atoms with E-state index in [9.17, 15) is 0 Å². The minimum absolute atomic E-state index is 0. The van der Waals surface area contributed by atoms with Crippen molar-refractivity contribution in [1.82, 2.24) is 15.0 Å². The van der Waals surface area contributed by atoms with Gasteiger partial charge in [0.15, 0.2) is 0 Å². The van der Waals surface area contributed by atoms with Gasteiger partial charge < -0.3 is 24.2 Å². The van der Waals surface area contributed by atoms with Gasteiger partial charge in [-0.25, -0.2) is 5.43 Å². The molecule has 0 radical (unpaired) electrons. The van der Waals surface area contributed by atoms with E-state index in [2.05, 4.69) is 36.1 Å². The number of nitrogens with zero attached hydrogens (tertiary/aromatic N) is 4. The number of halogens is 2. The number of methoxy groups -OCH3 is 1. The SMILES string of the molecule is COc1ccc(Nc2nc(NCc3ccco3)nc(NN=Cc3ccc(-c4cccc(Cl)c4)o3)n2)cc1.Cl. The van der Waals surface area contributed by atoms with Crippen LogP contribution in [0.5, 0.6) is 5.75 Å². The number of hydrazone groups is 1. The van der Waals surface area contributed by atoms with Gasteiger partial charge in [0.1, 0.15) is 23.0 Å².